The number of morpholine rings is 2. The minimum absolute atomic E-state index is 0.175. The van der Waals surface area contributed by atoms with Crippen LogP contribution in [0.15, 0.2) is 0 Å². The zero-order valence-electron chi connectivity index (χ0n) is 17.4. The standard InChI is InChI=1S/C16H32B2N5O5P/c1-19-21-7-13(27-15(17)9-21)12-26-29(24,22-5-3-20-4-6-22)23-8-14(11-25-2)28-16(18)10-23/h13-16,19-20H,3-12H2,1-2H3. The summed E-state index contributed by atoms with van der Waals surface area (Å²) >= 11 is 0. The molecule has 0 aromatic rings. The van der Waals surface area contributed by atoms with Gasteiger partial charge in [-0.3, -0.25) is 9.99 Å². The van der Waals surface area contributed by atoms with Gasteiger partial charge in [-0.15, -0.1) is 0 Å². The second-order valence-corrected chi connectivity index (χ2v) is 9.91. The molecule has 3 aliphatic heterocycles. The first kappa shape index (κ1) is 23.7. The molecule has 0 aromatic heterocycles. The molecule has 3 saturated heterocycles. The summed E-state index contributed by atoms with van der Waals surface area (Å²) in [5.41, 5.74) is 3.09. The minimum atomic E-state index is -3.33. The van der Waals surface area contributed by atoms with Crippen molar-refractivity contribution in [2.45, 2.75) is 24.2 Å². The third kappa shape index (κ3) is 6.26. The van der Waals surface area contributed by atoms with E-state index in [2.05, 4.69) is 10.7 Å². The van der Waals surface area contributed by atoms with Crippen LogP contribution in [-0.4, -0.2) is 134 Å². The van der Waals surface area contributed by atoms with Crippen LogP contribution >= 0.6 is 7.67 Å². The molecule has 5 unspecified atom stereocenters. The molecule has 3 aliphatic rings. The quantitative estimate of drug-likeness (QED) is 0.342. The molecule has 5 atom stereocenters. The van der Waals surface area contributed by atoms with Gasteiger partial charge < -0.3 is 24.1 Å². The number of piperazine rings is 1. The molecule has 10 nitrogen and oxygen atoms in total. The third-order valence-electron chi connectivity index (χ3n) is 5.27. The van der Waals surface area contributed by atoms with E-state index in [-0.39, 0.29) is 18.8 Å². The highest BCUT2D eigenvalue weighted by atomic mass is 31.2. The van der Waals surface area contributed by atoms with Crippen LogP contribution in [0.2, 0.25) is 0 Å². The maximum absolute atomic E-state index is 14.2. The van der Waals surface area contributed by atoms with Gasteiger partial charge in [0.2, 0.25) is 0 Å². The normalized spacial score (nSPS) is 35.4. The fraction of sp³-hybridized carbons (Fsp3) is 1.00. The second kappa shape index (κ2) is 11.0. The molecule has 0 aromatic carbocycles. The van der Waals surface area contributed by atoms with Crippen molar-refractivity contribution in [1.29, 1.82) is 0 Å². The molecule has 0 bridgehead atoms. The van der Waals surface area contributed by atoms with Crippen molar-refractivity contribution in [2.75, 3.05) is 79.7 Å². The van der Waals surface area contributed by atoms with Crippen molar-refractivity contribution < 1.29 is 23.3 Å². The molecule has 0 aliphatic carbocycles. The number of ether oxygens (including phenoxy) is 3. The minimum Gasteiger partial charge on any atom is -0.382 e. The Morgan fingerprint density at radius 2 is 1.69 bits per heavy atom. The third-order valence-corrected chi connectivity index (χ3v) is 7.91. The van der Waals surface area contributed by atoms with Gasteiger partial charge in [0, 0.05) is 71.5 Å². The maximum atomic E-state index is 14.2. The van der Waals surface area contributed by atoms with Crippen LogP contribution in [0.25, 0.3) is 0 Å². The number of nitrogens with zero attached hydrogens (tertiary/aromatic N) is 3. The molecule has 29 heavy (non-hydrogen) atoms. The Morgan fingerprint density at radius 3 is 2.34 bits per heavy atom. The predicted octanol–water partition coefficient (Wildman–Crippen LogP) is -1.81. The summed E-state index contributed by atoms with van der Waals surface area (Å²) in [6.45, 7) is 5.26. The van der Waals surface area contributed by atoms with Crippen molar-refractivity contribution in [3.63, 3.8) is 0 Å². The Kier molecular flexibility index (Phi) is 9.01. The highest BCUT2D eigenvalue weighted by molar-refractivity contribution is 7.54. The Hall–Kier alpha value is -0.000130. The lowest BCUT2D eigenvalue weighted by Crippen LogP contribution is -2.54. The summed E-state index contributed by atoms with van der Waals surface area (Å²) < 4.78 is 40.9. The molecule has 2 N–H and O–H groups in total. The number of methoxy groups -OCH3 is 1. The molecule has 4 radical (unpaired) electrons. The van der Waals surface area contributed by atoms with Gasteiger partial charge in [-0.2, -0.15) is 0 Å². The van der Waals surface area contributed by atoms with E-state index in [0.717, 1.165) is 13.1 Å². The van der Waals surface area contributed by atoms with E-state index >= 15 is 0 Å². The number of hydrogen-bond donors (Lipinski definition) is 2. The first-order valence-corrected chi connectivity index (χ1v) is 11.7. The fourth-order valence-electron chi connectivity index (χ4n) is 3.91. The topological polar surface area (TPSA) is 87.8 Å². The molecule has 0 spiro atoms. The van der Waals surface area contributed by atoms with Crippen LogP contribution in [0.1, 0.15) is 0 Å². The molecular formula is C16H32B2N5O5P. The van der Waals surface area contributed by atoms with Gasteiger partial charge in [0.15, 0.2) is 0 Å². The van der Waals surface area contributed by atoms with Crippen LogP contribution in [0.5, 0.6) is 0 Å². The molecule has 0 amide bonds. The summed E-state index contributed by atoms with van der Waals surface area (Å²) in [6, 6.07) is -0.978. The van der Waals surface area contributed by atoms with E-state index in [1.165, 1.54) is 0 Å². The summed E-state index contributed by atoms with van der Waals surface area (Å²) in [5.74, 6) is 0. The van der Waals surface area contributed by atoms with Gasteiger partial charge in [-0.1, -0.05) is 0 Å². The first-order chi connectivity index (χ1) is 13.9. The van der Waals surface area contributed by atoms with Crippen molar-refractivity contribution in [2.24, 2.45) is 0 Å². The smallest absolute Gasteiger partial charge is 0.346 e. The lowest BCUT2D eigenvalue weighted by Gasteiger charge is -2.45. The zero-order valence-corrected chi connectivity index (χ0v) is 18.3. The molecule has 3 heterocycles. The monoisotopic (exact) mass is 427 g/mol. The van der Waals surface area contributed by atoms with Crippen LogP contribution in [0.4, 0.5) is 0 Å². The van der Waals surface area contributed by atoms with E-state index in [9.17, 15) is 4.57 Å². The number of rotatable bonds is 8. The Bertz CT molecular complexity index is 562. The number of hydrogen-bond acceptors (Lipinski definition) is 8. The lowest BCUT2D eigenvalue weighted by atomic mass is 9.98. The maximum Gasteiger partial charge on any atom is 0.346 e. The van der Waals surface area contributed by atoms with Crippen molar-refractivity contribution in [3.05, 3.63) is 0 Å². The van der Waals surface area contributed by atoms with E-state index in [1.807, 2.05) is 21.4 Å². The van der Waals surface area contributed by atoms with Crippen molar-refractivity contribution in [3.8, 4) is 0 Å². The second-order valence-electron chi connectivity index (χ2n) is 7.54. The van der Waals surface area contributed by atoms with Crippen LogP contribution in [0, 0.1) is 0 Å². The Labute approximate surface area is 176 Å². The largest absolute Gasteiger partial charge is 0.382 e. The average molecular weight is 427 g/mol. The van der Waals surface area contributed by atoms with Crippen LogP contribution in [0.3, 0.4) is 0 Å². The van der Waals surface area contributed by atoms with Gasteiger partial charge in [-0.05, 0) is 7.05 Å². The summed E-state index contributed by atoms with van der Waals surface area (Å²) in [4.78, 5) is 0. The zero-order chi connectivity index (χ0) is 20.9. The SMILES string of the molecule is [B]C1CN(NC)CC(COP(=O)(N2CCNCC2)N2CC([B])OC(COC)C2)O1. The summed E-state index contributed by atoms with van der Waals surface area (Å²) in [7, 11) is 12.2. The molecule has 0 saturated carbocycles. The van der Waals surface area contributed by atoms with E-state index < -0.39 is 19.7 Å². The van der Waals surface area contributed by atoms with Gasteiger partial charge in [0.05, 0.1) is 25.4 Å². The molecule has 3 rings (SSSR count). The van der Waals surface area contributed by atoms with Gasteiger partial charge in [0.25, 0.3) is 0 Å². The Balaban J connectivity index is 1.72. The first-order valence-electron chi connectivity index (χ1n) is 10.1. The average Bonchev–Trinajstić information content (AvgIpc) is 2.72. The molecule has 13 heteroatoms. The van der Waals surface area contributed by atoms with Gasteiger partial charge >= 0.3 is 7.67 Å². The van der Waals surface area contributed by atoms with E-state index in [0.29, 0.717) is 45.9 Å². The van der Waals surface area contributed by atoms with Crippen LogP contribution < -0.4 is 10.7 Å². The number of hydrazine groups is 1. The lowest BCUT2D eigenvalue weighted by molar-refractivity contribution is -0.0852. The summed E-state index contributed by atoms with van der Waals surface area (Å²) in [5, 5.41) is 5.26. The van der Waals surface area contributed by atoms with Crippen molar-refractivity contribution >= 4 is 23.4 Å². The van der Waals surface area contributed by atoms with Crippen LogP contribution in [-0.2, 0) is 23.3 Å². The number of nitrogens with one attached hydrogen (secondary N) is 2. The highest BCUT2D eigenvalue weighted by Crippen LogP contribution is 2.55. The highest BCUT2D eigenvalue weighted by Gasteiger charge is 2.44. The Morgan fingerprint density at radius 1 is 1.03 bits per heavy atom. The summed E-state index contributed by atoms with van der Waals surface area (Å²) in [6.07, 6.45) is -0.547. The molecular weight excluding hydrogens is 395 g/mol. The fourth-order valence-corrected chi connectivity index (χ4v) is 6.41. The predicted molar refractivity (Wildman–Crippen MR) is 111 cm³/mol. The molecule has 162 valence electrons. The van der Waals surface area contributed by atoms with Gasteiger partial charge in [0.1, 0.15) is 15.7 Å². The van der Waals surface area contributed by atoms with E-state index in [1.54, 1.807) is 7.11 Å². The molecule has 3 fully saturated rings. The van der Waals surface area contributed by atoms with Crippen molar-refractivity contribution in [1.82, 2.24) is 25.1 Å². The van der Waals surface area contributed by atoms with Gasteiger partial charge in [-0.25, -0.2) is 14.3 Å². The van der Waals surface area contributed by atoms with E-state index in [4.69, 9.17) is 34.4 Å².